The lowest BCUT2D eigenvalue weighted by Crippen LogP contribution is -2.41. The standard InChI is InChI=1S/C21H25Cl2N5O/c1-3-28(4-2)16-8-5-14(6-9-16)13-24-27-21(29)20-12-19(25-26-20)15-7-10-17(22)18(23)11-15/h5-11,13,19-20,25-26H,3-4,12H2,1-2H3,(H,27,29)/b24-13+. The lowest BCUT2D eigenvalue weighted by atomic mass is 10.0. The first-order valence-electron chi connectivity index (χ1n) is 9.65. The molecule has 2 unspecified atom stereocenters. The van der Waals surface area contributed by atoms with Crippen LogP contribution < -0.4 is 21.2 Å². The smallest absolute Gasteiger partial charge is 0.258 e. The Balaban J connectivity index is 1.52. The van der Waals surface area contributed by atoms with E-state index in [1.54, 1.807) is 12.3 Å². The van der Waals surface area contributed by atoms with Gasteiger partial charge in [-0.15, -0.1) is 0 Å². The van der Waals surface area contributed by atoms with Crippen molar-refractivity contribution < 1.29 is 4.79 Å². The SMILES string of the molecule is CCN(CC)c1ccc(/C=N/NC(=O)C2CC(c3ccc(Cl)c(Cl)c3)NN2)cc1. The lowest BCUT2D eigenvalue weighted by Gasteiger charge is -2.20. The van der Waals surface area contributed by atoms with E-state index in [0.717, 1.165) is 24.2 Å². The minimum Gasteiger partial charge on any atom is -0.372 e. The molecule has 0 bridgehead atoms. The Bertz CT molecular complexity index is 868. The number of hydrogen-bond acceptors (Lipinski definition) is 5. The molecule has 0 spiro atoms. The van der Waals surface area contributed by atoms with Crippen molar-refractivity contribution in [2.24, 2.45) is 5.10 Å². The average Bonchev–Trinajstić information content (AvgIpc) is 3.22. The molecule has 154 valence electrons. The number of benzene rings is 2. The number of nitrogens with one attached hydrogen (secondary N) is 3. The normalized spacial score (nSPS) is 18.9. The predicted octanol–water partition coefficient (Wildman–Crippen LogP) is 3.90. The zero-order valence-electron chi connectivity index (χ0n) is 16.5. The number of carbonyl (C=O) groups is 1. The van der Waals surface area contributed by atoms with Crippen LogP contribution in [0.3, 0.4) is 0 Å². The largest absolute Gasteiger partial charge is 0.372 e. The Morgan fingerprint density at radius 1 is 1.14 bits per heavy atom. The summed E-state index contributed by atoms with van der Waals surface area (Å²) in [6, 6.07) is 13.1. The molecule has 0 aliphatic carbocycles. The summed E-state index contributed by atoms with van der Waals surface area (Å²) in [6.45, 7) is 6.19. The first-order chi connectivity index (χ1) is 14.0. The molecule has 1 heterocycles. The van der Waals surface area contributed by atoms with Gasteiger partial charge in [0.2, 0.25) is 0 Å². The average molecular weight is 434 g/mol. The zero-order chi connectivity index (χ0) is 20.8. The molecule has 2 atom stereocenters. The van der Waals surface area contributed by atoms with Gasteiger partial charge in [0.15, 0.2) is 0 Å². The lowest BCUT2D eigenvalue weighted by molar-refractivity contribution is -0.122. The number of carbonyl (C=O) groups excluding carboxylic acids is 1. The van der Waals surface area contributed by atoms with Gasteiger partial charge in [0.05, 0.1) is 16.3 Å². The van der Waals surface area contributed by atoms with E-state index in [2.05, 4.69) is 52.3 Å². The Morgan fingerprint density at radius 2 is 1.86 bits per heavy atom. The second-order valence-electron chi connectivity index (χ2n) is 6.80. The van der Waals surface area contributed by atoms with Crippen molar-refractivity contribution in [1.29, 1.82) is 0 Å². The van der Waals surface area contributed by atoms with Crippen LogP contribution in [-0.4, -0.2) is 31.3 Å². The van der Waals surface area contributed by atoms with Crippen LogP contribution in [0.1, 0.15) is 37.4 Å². The second-order valence-corrected chi connectivity index (χ2v) is 7.62. The highest BCUT2D eigenvalue weighted by Crippen LogP contribution is 2.29. The minimum absolute atomic E-state index is 0.0304. The number of hydrazone groups is 1. The van der Waals surface area contributed by atoms with Crippen molar-refractivity contribution in [1.82, 2.24) is 16.3 Å². The molecule has 3 N–H and O–H groups in total. The Kier molecular flexibility index (Phi) is 7.50. The summed E-state index contributed by atoms with van der Waals surface area (Å²) in [5.74, 6) is -0.198. The van der Waals surface area contributed by atoms with Gasteiger partial charge in [-0.25, -0.2) is 16.3 Å². The van der Waals surface area contributed by atoms with Crippen LogP contribution in [0.2, 0.25) is 10.0 Å². The van der Waals surface area contributed by atoms with E-state index in [0.29, 0.717) is 16.5 Å². The number of hydrogen-bond donors (Lipinski definition) is 3. The fourth-order valence-corrected chi connectivity index (χ4v) is 3.59. The highest BCUT2D eigenvalue weighted by atomic mass is 35.5. The fraction of sp³-hybridized carbons (Fsp3) is 0.333. The zero-order valence-corrected chi connectivity index (χ0v) is 18.0. The maximum absolute atomic E-state index is 12.4. The number of amides is 1. The number of anilines is 1. The molecule has 6 nitrogen and oxygen atoms in total. The van der Waals surface area contributed by atoms with Crippen molar-refractivity contribution >= 4 is 41.0 Å². The van der Waals surface area contributed by atoms with Gasteiger partial charge < -0.3 is 4.90 Å². The summed E-state index contributed by atoms with van der Waals surface area (Å²) < 4.78 is 0. The van der Waals surface area contributed by atoms with Crippen LogP contribution in [0.25, 0.3) is 0 Å². The number of hydrazine groups is 1. The van der Waals surface area contributed by atoms with Crippen LogP contribution in [0.4, 0.5) is 5.69 Å². The monoisotopic (exact) mass is 433 g/mol. The molecule has 1 aliphatic rings. The van der Waals surface area contributed by atoms with E-state index in [1.165, 1.54) is 5.69 Å². The molecule has 2 aromatic carbocycles. The van der Waals surface area contributed by atoms with Gasteiger partial charge in [0, 0.05) is 24.8 Å². The molecule has 0 saturated carbocycles. The van der Waals surface area contributed by atoms with E-state index in [9.17, 15) is 4.79 Å². The highest BCUT2D eigenvalue weighted by molar-refractivity contribution is 6.42. The topological polar surface area (TPSA) is 68.8 Å². The molecule has 1 fully saturated rings. The molecule has 2 aromatic rings. The maximum atomic E-state index is 12.4. The first-order valence-corrected chi connectivity index (χ1v) is 10.4. The van der Waals surface area contributed by atoms with Crippen molar-refractivity contribution in [3.8, 4) is 0 Å². The van der Waals surface area contributed by atoms with Gasteiger partial charge in [-0.2, -0.15) is 5.10 Å². The summed E-state index contributed by atoms with van der Waals surface area (Å²) in [5.41, 5.74) is 11.8. The molecular weight excluding hydrogens is 409 g/mol. The van der Waals surface area contributed by atoms with Gasteiger partial charge >= 0.3 is 0 Å². The van der Waals surface area contributed by atoms with Crippen LogP contribution in [-0.2, 0) is 4.79 Å². The van der Waals surface area contributed by atoms with E-state index in [4.69, 9.17) is 23.2 Å². The molecule has 1 saturated heterocycles. The molecule has 8 heteroatoms. The van der Waals surface area contributed by atoms with Crippen molar-refractivity contribution in [2.75, 3.05) is 18.0 Å². The number of nitrogens with zero attached hydrogens (tertiary/aromatic N) is 2. The van der Waals surface area contributed by atoms with Gasteiger partial charge in [-0.1, -0.05) is 41.4 Å². The van der Waals surface area contributed by atoms with Crippen LogP contribution in [0, 0.1) is 0 Å². The Morgan fingerprint density at radius 3 is 2.52 bits per heavy atom. The van der Waals surface area contributed by atoms with Crippen molar-refractivity contribution in [3.05, 3.63) is 63.6 Å². The summed E-state index contributed by atoms with van der Waals surface area (Å²) in [7, 11) is 0. The number of rotatable bonds is 7. The summed E-state index contributed by atoms with van der Waals surface area (Å²) >= 11 is 12.0. The third kappa shape index (κ3) is 5.48. The molecule has 3 rings (SSSR count). The second kappa shape index (κ2) is 10.1. The summed E-state index contributed by atoms with van der Waals surface area (Å²) in [4.78, 5) is 14.6. The summed E-state index contributed by atoms with van der Waals surface area (Å²) in [5, 5.41) is 5.09. The number of halogens is 2. The van der Waals surface area contributed by atoms with Gasteiger partial charge in [0.1, 0.15) is 6.04 Å². The third-order valence-electron chi connectivity index (χ3n) is 4.98. The van der Waals surface area contributed by atoms with E-state index < -0.39 is 6.04 Å². The van der Waals surface area contributed by atoms with Crippen LogP contribution in [0.15, 0.2) is 47.6 Å². The van der Waals surface area contributed by atoms with Gasteiger partial charge in [0.25, 0.3) is 5.91 Å². The third-order valence-corrected chi connectivity index (χ3v) is 5.71. The molecule has 0 radical (unpaired) electrons. The van der Waals surface area contributed by atoms with Gasteiger partial charge in [-0.05, 0) is 55.7 Å². The summed E-state index contributed by atoms with van der Waals surface area (Å²) in [6.07, 6.45) is 2.22. The Labute approximate surface area is 181 Å². The highest BCUT2D eigenvalue weighted by Gasteiger charge is 2.30. The van der Waals surface area contributed by atoms with Crippen molar-refractivity contribution in [2.45, 2.75) is 32.4 Å². The molecule has 0 aromatic heterocycles. The van der Waals surface area contributed by atoms with Crippen LogP contribution in [0.5, 0.6) is 0 Å². The Hall–Kier alpha value is -2.12. The molecular formula is C21H25Cl2N5O. The van der Waals surface area contributed by atoms with E-state index in [-0.39, 0.29) is 11.9 Å². The van der Waals surface area contributed by atoms with Gasteiger partial charge in [-0.3, -0.25) is 4.79 Å². The predicted molar refractivity (Wildman–Crippen MR) is 120 cm³/mol. The van der Waals surface area contributed by atoms with E-state index in [1.807, 2.05) is 24.3 Å². The molecule has 1 amide bonds. The fourth-order valence-electron chi connectivity index (χ4n) is 3.28. The molecule has 1 aliphatic heterocycles. The minimum atomic E-state index is -0.392. The van der Waals surface area contributed by atoms with E-state index >= 15 is 0 Å². The first kappa shape index (κ1) is 21.6. The van der Waals surface area contributed by atoms with Crippen molar-refractivity contribution in [3.63, 3.8) is 0 Å². The quantitative estimate of drug-likeness (QED) is 0.457. The maximum Gasteiger partial charge on any atom is 0.258 e. The molecule has 29 heavy (non-hydrogen) atoms. The van der Waals surface area contributed by atoms with Crippen LogP contribution >= 0.6 is 23.2 Å².